The Morgan fingerprint density at radius 3 is 2.41 bits per heavy atom. The second kappa shape index (κ2) is 11.7. The SMILES string of the molecule is COc1ccc(Cn2nnnc2[C@@H](c2cc3c(C)ccc(C)c3[nH]c2=O)N2CCC(Cc3ccccc3)CC2)cc1. The molecule has 1 N–H and O–H groups in total. The molecule has 0 spiro atoms. The van der Waals surface area contributed by atoms with Crippen molar-refractivity contribution in [2.45, 2.75) is 45.7 Å². The van der Waals surface area contributed by atoms with Gasteiger partial charge in [-0.3, -0.25) is 9.69 Å². The number of rotatable bonds is 8. The summed E-state index contributed by atoms with van der Waals surface area (Å²) >= 11 is 0. The topological polar surface area (TPSA) is 88.9 Å². The van der Waals surface area contributed by atoms with E-state index in [2.05, 4.69) is 80.9 Å². The van der Waals surface area contributed by atoms with Crippen LogP contribution in [0.1, 0.15) is 52.5 Å². The van der Waals surface area contributed by atoms with Crippen molar-refractivity contribution in [2.24, 2.45) is 5.92 Å². The second-order valence-electron chi connectivity index (χ2n) is 11.2. The van der Waals surface area contributed by atoms with Gasteiger partial charge in [0.1, 0.15) is 11.8 Å². The number of fused-ring (bicyclic) bond motifs is 1. The number of hydrogen-bond acceptors (Lipinski definition) is 6. The highest BCUT2D eigenvalue weighted by Crippen LogP contribution is 2.33. The zero-order chi connectivity index (χ0) is 28.3. The van der Waals surface area contributed by atoms with Crippen molar-refractivity contribution in [1.82, 2.24) is 30.1 Å². The highest BCUT2D eigenvalue weighted by molar-refractivity contribution is 5.85. The van der Waals surface area contributed by atoms with Gasteiger partial charge in [0.2, 0.25) is 0 Å². The van der Waals surface area contributed by atoms with Gasteiger partial charge >= 0.3 is 0 Å². The lowest BCUT2D eigenvalue weighted by molar-refractivity contribution is 0.143. The molecule has 1 fully saturated rings. The van der Waals surface area contributed by atoms with Gasteiger partial charge in [0.25, 0.3) is 5.56 Å². The summed E-state index contributed by atoms with van der Waals surface area (Å²) in [7, 11) is 1.66. The summed E-state index contributed by atoms with van der Waals surface area (Å²) in [6.45, 7) is 6.34. The number of ether oxygens (including phenoxy) is 1. The third-order valence-corrected chi connectivity index (χ3v) is 8.44. The third kappa shape index (κ3) is 5.65. The van der Waals surface area contributed by atoms with E-state index in [1.807, 2.05) is 35.9 Å². The Labute approximate surface area is 240 Å². The third-order valence-electron chi connectivity index (χ3n) is 8.44. The molecule has 0 amide bonds. The van der Waals surface area contributed by atoms with Crippen molar-refractivity contribution in [2.75, 3.05) is 20.2 Å². The number of pyridine rings is 1. The van der Waals surface area contributed by atoms with Gasteiger partial charge in [-0.1, -0.05) is 54.6 Å². The van der Waals surface area contributed by atoms with E-state index in [0.29, 0.717) is 23.9 Å². The van der Waals surface area contributed by atoms with E-state index < -0.39 is 0 Å². The Hall–Kier alpha value is -4.30. The summed E-state index contributed by atoms with van der Waals surface area (Å²) < 4.78 is 7.15. The molecule has 5 aromatic rings. The van der Waals surface area contributed by atoms with Crippen LogP contribution in [0.4, 0.5) is 0 Å². The summed E-state index contributed by atoms with van der Waals surface area (Å²) in [5.41, 5.74) is 6.08. The predicted molar refractivity (Wildman–Crippen MR) is 160 cm³/mol. The Bertz CT molecular complexity index is 1690. The molecule has 210 valence electrons. The first-order valence-corrected chi connectivity index (χ1v) is 14.3. The molecule has 1 saturated heterocycles. The van der Waals surface area contributed by atoms with Gasteiger partial charge in [-0.05, 0) is 103 Å². The van der Waals surface area contributed by atoms with E-state index in [1.165, 1.54) is 5.56 Å². The number of aryl methyl sites for hydroxylation is 2. The Morgan fingerprint density at radius 1 is 0.951 bits per heavy atom. The van der Waals surface area contributed by atoms with Crippen LogP contribution in [0.25, 0.3) is 10.9 Å². The number of aromatic nitrogens is 5. The molecule has 1 atom stereocenters. The molecule has 2 aromatic heterocycles. The van der Waals surface area contributed by atoms with Crippen LogP contribution in [0.3, 0.4) is 0 Å². The molecule has 6 rings (SSSR count). The fourth-order valence-corrected chi connectivity index (χ4v) is 6.08. The zero-order valence-corrected chi connectivity index (χ0v) is 23.9. The monoisotopic (exact) mass is 548 g/mol. The molecular weight excluding hydrogens is 512 g/mol. The van der Waals surface area contributed by atoms with Gasteiger partial charge in [-0.25, -0.2) is 4.68 Å². The van der Waals surface area contributed by atoms with Gasteiger partial charge in [0.15, 0.2) is 5.82 Å². The highest BCUT2D eigenvalue weighted by Gasteiger charge is 2.33. The van der Waals surface area contributed by atoms with E-state index in [0.717, 1.165) is 65.7 Å². The minimum atomic E-state index is -0.367. The molecule has 1 aliphatic rings. The van der Waals surface area contributed by atoms with Crippen molar-refractivity contribution in [1.29, 1.82) is 0 Å². The van der Waals surface area contributed by atoms with Crippen molar-refractivity contribution >= 4 is 10.9 Å². The van der Waals surface area contributed by atoms with E-state index in [-0.39, 0.29) is 11.6 Å². The van der Waals surface area contributed by atoms with Gasteiger partial charge in [-0.2, -0.15) is 0 Å². The number of benzene rings is 3. The van der Waals surface area contributed by atoms with Gasteiger partial charge in [-0.15, -0.1) is 5.10 Å². The van der Waals surface area contributed by atoms with E-state index >= 15 is 0 Å². The summed E-state index contributed by atoms with van der Waals surface area (Å²) in [5.74, 6) is 2.08. The van der Waals surface area contributed by atoms with E-state index in [4.69, 9.17) is 4.74 Å². The summed E-state index contributed by atoms with van der Waals surface area (Å²) in [6, 6.07) is 24.5. The maximum absolute atomic E-state index is 13.7. The number of nitrogens with one attached hydrogen (secondary N) is 1. The van der Waals surface area contributed by atoms with Gasteiger partial charge < -0.3 is 9.72 Å². The molecule has 0 unspecified atom stereocenters. The van der Waals surface area contributed by atoms with Gasteiger partial charge in [0.05, 0.1) is 19.2 Å². The van der Waals surface area contributed by atoms with Crippen LogP contribution in [-0.2, 0) is 13.0 Å². The molecule has 41 heavy (non-hydrogen) atoms. The average molecular weight is 549 g/mol. The van der Waals surface area contributed by atoms with Crippen molar-refractivity contribution in [3.05, 3.63) is 117 Å². The molecule has 3 heterocycles. The van der Waals surface area contributed by atoms with Crippen molar-refractivity contribution < 1.29 is 4.74 Å². The Kier molecular flexibility index (Phi) is 7.65. The lowest BCUT2D eigenvalue weighted by atomic mass is 9.88. The summed E-state index contributed by atoms with van der Waals surface area (Å²) in [5, 5.41) is 14.0. The molecule has 3 aromatic carbocycles. The maximum Gasteiger partial charge on any atom is 0.253 e. The number of tetrazole rings is 1. The Balaban J connectivity index is 1.36. The van der Waals surface area contributed by atoms with E-state index in [9.17, 15) is 4.79 Å². The number of piperidine rings is 1. The summed E-state index contributed by atoms with van der Waals surface area (Å²) in [4.78, 5) is 19.3. The molecule has 8 nitrogen and oxygen atoms in total. The first-order chi connectivity index (χ1) is 20.0. The standard InChI is InChI=1S/C33H36N6O2/c1-22-9-10-23(2)30-28(22)20-29(33(40)34-30)31(38-17-15-25(16-18-38)19-24-7-5-4-6-8-24)32-35-36-37-39(32)21-26-11-13-27(41-3)14-12-26/h4-14,20,25,31H,15-19,21H2,1-3H3,(H,34,40)/t31-/m1/s1. The fraction of sp³-hybridized carbons (Fsp3) is 0.333. The van der Waals surface area contributed by atoms with Crippen LogP contribution < -0.4 is 10.3 Å². The molecule has 1 aliphatic heterocycles. The van der Waals surface area contributed by atoms with Crippen LogP contribution in [0, 0.1) is 19.8 Å². The number of nitrogens with zero attached hydrogens (tertiary/aromatic N) is 5. The van der Waals surface area contributed by atoms with Crippen LogP contribution in [-0.4, -0.2) is 50.3 Å². The molecule has 0 aliphatic carbocycles. The molecule has 0 bridgehead atoms. The Morgan fingerprint density at radius 2 is 1.68 bits per heavy atom. The van der Waals surface area contributed by atoms with Crippen molar-refractivity contribution in [3.8, 4) is 5.75 Å². The largest absolute Gasteiger partial charge is 0.497 e. The maximum atomic E-state index is 13.7. The summed E-state index contributed by atoms with van der Waals surface area (Å²) in [6.07, 6.45) is 3.17. The predicted octanol–water partition coefficient (Wildman–Crippen LogP) is 5.23. The molecule has 8 heteroatoms. The number of likely N-dealkylation sites (tertiary alicyclic amines) is 1. The second-order valence-corrected chi connectivity index (χ2v) is 11.2. The minimum absolute atomic E-state index is 0.0957. The average Bonchev–Trinajstić information content (AvgIpc) is 3.45. The fourth-order valence-electron chi connectivity index (χ4n) is 6.08. The van der Waals surface area contributed by atoms with Crippen LogP contribution in [0.15, 0.2) is 77.6 Å². The number of H-pyrrole nitrogens is 1. The van der Waals surface area contributed by atoms with Gasteiger partial charge in [0, 0.05) is 10.9 Å². The highest BCUT2D eigenvalue weighted by atomic mass is 16.5. The van der Waals surface area contributed by atoms with E-state index in [1.54, 1.807) is 7.11 Å². The number of hydrogen-bond donors (Lipinski definition) is 1. The van der Waals surface area contributed by atoms with Crippen LogP contribution in [0.2, 0.25) is 0 Å². The lowest BCUT2D eigenvalue weighted by Gasteiger charge is -2.37. The number of aromatic amines is 1. The molecule has 0 radical (unpaired) electrons. The van der Waals surface area contributed by atoms with Crippen LogP contribution >= 0.6 is 0 Å². The minimum Gasteiger partial charge on any atom is -0.497 e. The molecular formula is C33H36N6O2. The first-order valence-electron chi connectivity index (χ1n) is 14.3. The molecule has 0 saturated carbocycles. The quantitative estimate of drug-likeness (QED) is 0.286. The lowest BCUT2D eigenvalue weighted by Crippen LogP contribution is -2.41. The van der Waals surface area contributed by atoms with Crippen LogP contribution in [0.5, 0.6) is 5.75 Å². The smallest absolute Gasteiger partial charge is 0.253 e. The number of methoxy groups -OCH3 is 1. The normalized spacial score (nSPS) is 15.3. The zero-order valence-electron chi connectivity index (χ0n) is 23.9. The first kappa shape index (κ1) is 26.9. The van der Waals surface area contributed by atoms with Crippen molar-refractivity contribution in [3.63, 3.8) is 0 Å².